The highest BCUT2D eigenvalue weighted by atomic mass is 15.0. The quantitative estimate of drug-likeness (QED) is 0.147. The molecule has 15 rings (SSSR count). The molecule has 0 N–H and O–H groups in total. The normalized spacial score (nSPS) is 15.3. The van der Waals surface area contributed by atoms with Crippen LogP contribution < -0.4 is 0 Å². The van der Waals surface area contributed by atoms with Crippen molar-refractivity contribution in [1.29, 1.82) is 0 Å². The van der Waals surface area contributed by atoms with Gasteiger partial charge in [0.25, 0.3) is 0 Å². The van der Waals surface area contributed by atoms with Crippen LogP contribution in [0.2, 0.25) is 0 Å². The van der Waals surface area contributed by atoms with Crippen LogP contribution in [0.1, 0.15) is 97.2 Å². The summed E-state index contributed by atoms with van der Waals surface area (Å²) in [6.45, 7) is 14.2. The second-order valence-electron chi connectivity index (χ2n) is 23.0. The molecule has 2 aromatic heterocycles. The van der Waals surface area contributed by atoms with Crippen molar-refractivity contribution in [2.45, 2.75) is 57.8 Å². The average Bonchev–Trinajstić information content (AvgIpc) is 4.15. The number of benzene rings is 10. The summed E-state index contributed by atoms with van der Waals surface area (Å²) >= 11 is 0. The monoisotopic (exact) mass is 960 g/mol. The van der Waals surface area contributed by atoms with Crippen LogP contribution in [0.15, 0.2) is 206 Å². The topological polar surface area (TPSA) is 9.86 Å². The Bertz CT molecular complexity index is 4210. The third kappa shape index (κ3) is 6.33. The number of hydrogen-bond acceptors (Lipinski definition) is 0. The summed E-state index contributed by atoms with van der Waals surface area (Å²) in [5, 5.41) is 5.07. The van der Waals surface area contributed by atoms with Gasteiger partial charge in [-0.2, -0.15) is 0 Å². The third-order valence-electron chi connectivity index (χ3n) is 17.7. The minimum Gasteiger partial charge on any atom is -0.309 e. The number of rotatable bonds is 6. The van der Waals surface area contributed by atoms with Crippen molar-refractivity contribution in [3.63, 3.8) is 0 Å². The van der Waals surface area contributed by atoms with E-state index in [0.717, 1.165) is 0 Å². The molecule has 0 spiro atoms. The highest BCUT2D eigenvalue weighted by Gasteiger charge is 2.38. The maximum Gasteiger partial charge on any atom is 0.0541 e. The first-order valence-corrected chi connectivity index (χ1v) is 26.7. The number of para-hydroxylation sites is 2. The van der Waals surface area contributed by atoms with E-state index in [1.807, 2.05) is 0 Å². The molecule has 0 bridgehead atoms. The molecule has 0 atom stereocenters. The molecule has 12 aromatic rings. The molecule has 2 nitrogen and oxygen atoms in total. The van der Waals surface area contributed by atoms with Crippen molar-refractivity contribution in [3.05, 3.63) is 262 Å². The summed E-state index contributed by atoms with van der Waals surface area (Å²) in [5.41, 5.74) is 28.2. The predicted octanol–water partition coefficient (Wildman–Crippen LogP) is 19.1. The molecule has 0 fully saturated rings. The molecule has 10 aromatic carbocycles. The third-order valence-corrected chi connectivity index (χ3v) is 17.7. The lowest BCUT2D eigenvalue weighted by molar-refractivity contribution is 0.660. The highest BCUT2D eigenvalue weighted by molar-refractivity contribution is 6.11. The van der Waals surface area contributed by atoms with E-state index in [1.54, 1.807) is 0 Å². The molecule has 2 heteroatoms. The van der Waals surface area contributed by atoms with Crippen LogP contribution in [0, 0.1) is 0 Å². The molecule has 0 unspecified atom stereocenters. The van der Waals surface area contributed by atoms with Gasteiger partial charge in [-0.3, -0.25) is 0 Å². The van der Waals surface area contributed by atoms with Crippen LogP contribution in [0.5, 0.6) is 0 Å². The Hall–Kier alpha value is -8.72. The summed E-state index contributed by atoms with van der Waals surface area (Å²) in [4.78, 5) is 0. The summed E-state index contributed by atoms with van der Waals surface area (Å²) in [5.74, 6) is 0. The lowest BCUT2D eigenvalue weighted by atomic mass is 9.81. The lowest BCUT2D eigenvalue weighted by Gasteiger charge is -2.22. The van der Waals surface area contributed by atoms with Crippen molar-refractivity contribution in [2.24, 2.45) is 0 Å². The Morgan fingerprint density at radius 1 is 0.253 bits per heavy atom. The number of fused-ring (bicyclic) bond motifs is 15. The fourth-order valence-electron chi connectivity index (χ4n) is 13.8. The summed E-state index contributed by atoms with van der Waals surface area (Å²) in [6.07, 6.45) is 9.13. The van der Waals surface area contributed by atoms with Gasteiger partial charge in [-0.1, -0.05) is 211 Å². The van der Waals surface area contributed by atoms with Crippen LogP contribution in [-0.4, -0.2) is 9.13 Å². The fourth-order valence-corrected chi connectivity index (χ4v) is 13.8. The van der Waals surface area contributed by atoms with Crippen LogP contribution >= 0.6 is 0 Å². The average molecular weight is 961 g/mol. The smallest absolute Gasteiger partial charge is 0.0541 e. The zero-order valence-corrected chi connectivity index (χ0v) is 43.3. The largest absolute Gasteiger partial charge is 0.309 e. The Morgan fingerprint density at radius 2 is 0.560 bits per heavy atom. The van der Waals surface area contributed by atoms with Crippen LogP contribution in [-0.2, 0) is 16.2 Å². The fraction of sp³-hybridized carbons (Fsp3) is 0.123. The maximum absolute atomic E-state index is 2.45. The van der Waals surface area contributed by atoms with Gasteiger partial charge in [0, 0.05) is 49.2 Å². The molecule has 0 radical (unpaired) electrons. The van der Waals surface area contributed by atoms with Gasteiger partial charge in [-0.05, 0) is 150 Å². The molecule has 0 aliphatic heterocycles. The molecule has 0 saturated heterocycles. The Morgan fingerprint density at radius 3 is 1.00 bits per heavy atom. The van der Waals surface area contributed by atoms with E-state index in [2.05, 4.69) is 281 Å². The molecule has 3 aliphatic carbocycles. The SMILES string of the molecule is CC1(C)c2cc(C=Cc3ccc4c(c3)c3ccccc3n4-c3ccc4c(c3)C(C)(C)c3ccccc3-4)ccc2-c2ccc(C=Cc3ccc4c(c3)c3ccccc3n4-c3ccc4c(c3)C(C)(C)c3ccccc3-4)cc21. The van der Waals surface area contributed by atoms with Gasteiger partial charge in [0.15, 0.2) is 0 Å². The van der Waals surface area contributed by atoms with Crippen molar-refractivity contribution in [1.82, 2.24) is 9.13 Å². The van der Waals surface area contributed by atoms with E-state index in [0.29, 0.717) is 0 Å². The minimum atomic E-state index is -0.148. The predicted molar refractivity (Wildman–Crippen MR) is 319 cm³/mol. The van der Waals surface area contributed by atoms with Gasteiger partial charge in [-0.25, -0.2) is 0 Å². The Balaban J connectivity index is 0.708. The van der Waals surface area contributed by atoms with E-state index in [4.69, 9.17) is 0 Å². The van der Waals surface area contributed by atoms with Gasteiger partial charge in [0.1, 0.15) is 0 Å². The standard InChI is InChI=1S/C73H56N2/c1-71(2)61-19-11-7-15-51(61)55-35-31-49(43-65(55)71)74-67-21-13-9-17-57(67)59-39-45(29-37-69(59)74)23-25-47-27-33-53-54-34-28-48(42-64(54)73(5,6)63(53)41-47)26-24-46-30-38-70-60(40-46)58-18-10-14-22-68(58)75(70)50-32-36-56-52-16-8-12-20-62(52)72(3,4)66(56)44-50/h7-44H,1-6H3. The second-order valence-corrected chi connectivity index (χ2v) is 23.0. The Kier molecular flexibility index (Phi) is 9.15. The summed E-state index contributed by atoms with van der Waals surface area (Å²) in [6, 6.07) is 77.6. The molecular formula is C73H56N2. The van der Waals surface area contributed by atoms with Gasteiger partial charge in [-0.15, -0.1) is 0 Å². The number of aromatic nitrogens is 2. The van der Waals surface area contributed by atoms with Crippen molar-refractivity contribution < 1.29 is 0 Å². The van der Waals surface area contributed by atoms with E-state index in [-0.39, 0.29) is 16.2 Å². The van der Waals surface area contributed by atoms with Crippen LogP contribution in [0.4, 0.5) is 0 Å². The zero-order chi connectivity index (χ0) is 50.5. The first kappa shape index (κ1) is 43.8. The number of nitrogens with zero attached hydrogens (tertiary/aromatic N) is 2. The molecule has 2 heterocycles. The Labute approximate surface area is 439 Å². The summed E-state index contributed by atoms with van der Waals surface area (Å²) in [7, 11) is 0. The van der Waals surface area contributed by atoms with Gasteiger partial charge >= 0.3 is 0 Å². The van der Waals surface area contributed by atoms with E-state index >= 15 is 0 Å². The lowest BCUT2D eigenvalue weighted by Crippen LogP contribution is -2.15. The molecular weight excluding hydrogens is 905 g/mol. The van der Waals surface area contributed by atoms with Gasteiger partial charge in [0.05, 0.1) is 22.1 Å². The molecule has 0 saturated carbocycles. The van der Waals surface area contributed by atoms with E-state index in [9.17, 15) is 0 Å². The molecule has 75 heavy (non-hydrogen) atoms. The van der Waals surface area contributed by atoms with Crippen LogP contribution in [0.25, 0.3) is 113 Å². The van der Waals surface area contributed by atoms with E-state index < -0.39 is 0 Å². The molecule has 358 valence electrons. The summed E-state index contributed by atoms with van der Waals surface area (Å²) < 4.78 is 4.90. The van der Waals surface area contributed by atoms with Gasteiger partial charge < -0.3 is 9.13 Å². The molecule has 3 aliphatic rings. The highest BCUT2D eigenvalue weighted by Crippen LogP contribution is 2.52. The maximum atomic E-state index is 2.45. The van der Waals surface area contributed by atoms with Crippen molar-refractivity contribution in [2.75, 3.05) is 0 Å². The molecule has 0 amide bonds. The van der Waals surface area contributed by atoms with Crippen molar-refractivity contribution in [3.8, 4) is 44.8 Å². The van der Waals surface area contributed by atoms with Crippen molar-refractivity contribution >= 4 is 67.9 Å². The first-order valence-electron chi connectivity index (χ1n) is 26.7. The zero-order valence-electron chi connectivity index (χ0n) is 43.3. The first-order chi connectivity index (χ1) is 36.4. The number of hydrogen-bond donors (Lipinski definition) is 0. The second kappa shape index (κ2) is 15.7. The van der Waals surface area contributed by atoms with E-state index in [1.165, 1.54) is 144 Å². The minimum absolute atomic E-state index is 0.0607. The van der Waals surface area contributed by atoms with Gasteiger partial charge in [0.2, 0.25) is 0 Å². The van der Waals surface area contributed by atoms with Crippen LogP contribution in [0.3, 0.4) is 0 Å².